The molecule has 0 radical (unpaired) electrons. The molecule has 0 aliphatic carbocycles. The van der Waals surface area contributed by atoms with E-state index in [4.69, 9.17) is 11.6 Å². The molecule has 0 saturated carbocycles. The molecule has 0 bridgehead atoms. The van der Waals surface area contributed by atoms with E-state index >= 15 is 0 Å². The molecule has 0 aromatic heterocycles. The second kappa shape index (κ2) is 9.71. The third-order valence-electron chi connectivity index (χ3n) is 4.08. The van der Waals surface area contributed by atoms with Crippen molar-refractivity contribution in [3.63, 3.8) is 0 Å². The second-order valence-corrected chi connectivity index (χ2v) is 9.02. The molecule has 0 saturated heterocycles. The van der Waals surface area contributed by atoms with Crippen LogP contribution < -0.4 is 9.62 Å². The molecule has 10 heteroatoms. The maximum atomic E-state index is 13.2. The average Bonchev–Trinajstić information content (AvgIpc) is 2.66. The van der Waals surface area contributed by atoms with Crippen molar-refractivity contribution in [3.05, 3.63) is 63.7 Å². The van der Waals surface area contributed by atoms with Crippen molar-refractivity contribution in [3.8, 4) is 0 Å². The summed E-state index contributed by atoms with van der Waals surface area (Å²) in [5, 5.41) is 13.7. The number of sulfonamides is 1. The quantitative estimate of drug-likeness (QED) is 0.474. The van der Waals surface area contributed by atoms with Gasteiger partial charge in [-0.25, -0.2) is 8.42 Å². The second-order valence-electron chi connectivity index (χ2n) is 6.75. The van der Waals surface area contributed by atoms with Crippen LogP contribution in [0, 0.1) is 16.0 Å². The molecule has 1 amide bonds. The van der Waals surface area contributed by atoms with Crippen LogP contribution in [-0.4, -0.2) is 32.3 Å². The van der Waals surface area contributed by atoms with Crippen LogP contribution in [0.2, 0.25) is 5.02 Å². The van der Waals surface area contributed by atoms with Gasteiger partial charge in [0.25, 0.3) is 15.7 Å². The van der Waals surface area contributed by atoms with Crippen molar-refractivity contribution >= 4 is 38.9 Å². The lowest BCUT2D eigenvalue weighted by Crippen LogP contribution is -2.41. The summed E-state index contributed by atoms with van der Waals surface area (Å²) in [4.78, 5) is 22.4. The molecule has 0 atom stereocenters. The van der Waals surface area contributed by atoms with Gasteiger partial charge in [-0.3, -0.25) is 19.2 Å². The standard InChI is InChI=1S/C19H22ClN3O5S/c1-14(2)10-11-21-19(24)13-22(15-6-4-3-5-7-15)29(27,28)16-8-9-17(20)18(12-16)23(25)26/h3-9,12,14H,10-11,13H2,1-2H3,(H,21,24). The summed E-state index contributed by atoms with van der Waals surface area (Å²) in [6, 6.07) is 11.3. The Morgan fingerprint density at radius 1 is 1.21 bits per heavy atom. The monoisotopic (exact) mass is 439 g/mol. The third kappa shape index (κ3) is 5.91. The highest BCUT2D eigenvalue weighted by molar-refractivity contribution is 7.92. The van der Waals surface area contributed by atoms with Crippen molar-refractivity contribution in [2.75, 3.05) is 17.4 Å². The fraction of sp³-hybridized carbons (Fsp3) is 0.316. The number of nitro groups is 1. The van der Waals surface area contributed by atoms with Crippen molar-refractivity contribution in [1.29, 1.82) is 0 Å². The Morgan fingerprint density at radius 3 is 2.45 bits per heavy atom. The van der Waals surface area contributed by atoms with Gasteiger partial charge in [0, 0.05) is 12.6 Å². The van der Waals surface area contributed by atoms with Crippen LogP contribution in [0.4, 0.5) is 11.4 Å². The van der Waals surface area contributed by atoms with E-state index in [1.807, 2.05) is 13.8 Å². The molecule has 2 rings (SSSR count). The number of carbonyl (C=O) groups excluding carboxylic acids is 1. The Hall–Kier alpha value is -2.65. The minimum Gasteiger partial charge on any atom is -0.355 e. The first kappa shape index (κ1) is 22.6. The lowest BCUT2D eigenvalue weighted by molar-refractivity contribution is -0.384. The number of carbonyl (C=O) groups is 1. The average molecular weight is 440 g/mol. The first-order valence-electron chi connectivity index (χ1n) is 8.91. The smallest absolute Gasteiger partial charge is 0.289 e. The van der Waals surface area contributed by atoms with Crippen molar-refractivity contribution in [2.24, 2.45) is 5.92 Å². The highest BCUT2D eigenvalue weighted by Gasteiger charge is 2.29. The van der Waals surface area contributed by atoms with E-state index in [0.717, 1.165) is 22.9 Å². The maximum Gasteiger partial charge on any atom is 0.289 e. The number of rotatable bonds is 9. The zero-order valence-corrected chi connectivity index (χ0v) is 17.6. The number of para-hydroxylation sites is 1. The molecule has 0 aliphatic rings. The van der Waals surface area contributed by atoms with E-state index in [0.29, 0.717) is 12.5 Å². The fourth-order valence-electron chi connectivity index (χ4n) is 2.52. The number of hydrogen-bond acceptors (Lipinski definition) is 5. The zero-order valence-electron chi connectivity index (χ0n) is 16.0. The molecule has 2 aromatic carbocycles. The highest BCUT2D eigenvalue weighted by atomic mass is 35.5. The maximum absolute atomic E-state index is 13.2. The SMILES string of the molecule is CC(C)CCNC(=O)CN(c1ccccc1)S(=O)(=O)c1ccc(Cl)c([N+](=O)[O-])c1. The van der Waals surface area contributed by atoms with Gasteiger partial charge in [-0.1, -0.05) is 43.6 Å². The van der Waals surface area contributed by atoms with Crippen LogP contribution in [0.3, 0.4) is 0 Å². The summed E-state index contributed by atoms with van der Waals surface area (Å²) in [6.45, 7) is 3.99. The molecule has 29 heavy (non-hydrogen) atoms. The number of nitrogens with zero attached hydrogens (tertiary/aromatic N) is 2. The van der Waals surface area contributed by atoms with E-state index in [9.17, 15) is 23.3 Å². The predicted molar refractivity (Wildman–Crippen MR) is 112 cm³/mol. The first-order valence-corrected chi connectivity index (χ1v) is 10.7. The molecular weight excluding hydrogens is 418 g/mol. The first-order chi connectivity index (χ1) is 13.6. The van der Waals surface area contributed by atoms with Gasteiger partial charge in [-0.15, -0.1) is 0 Å². The number of amides is 1. The van der Waals surface area contributed by atoms with Gasteiger partial charge in [-0.2, -0.15) is 0 Å². The summed E-state index contributed by atoms with van der Waals surface area (Å²) < 4.78 is 27.4. The minimum atomic E-state index is -4.25. The number of halogens is 1. The summed E-state index contributed by atoms with van der Waals surface area (Å²) in [7, 11) is -4.25. The molecule has 2 aromatic rings. The normalized spacial score (nSPS) is 11.3. The summed E-state index contributed by atoms with van der Waals surface area (Å²) in [5.41, 5.74) is -0.258. The molecule has 0 heterocycles. The van der Waals surface area contributed by atoms with Gasteiger partial charge in [0.15, 0.2) is 0 Å². The lowest BCUT2D eigenvalue weighted by Gasteiger charge is -2.24. The van der Waals surface area contributed by atoms with Crippen molar-refractivity contribution in [1.82, 2.24) is 5.32 Å². The van der Waals surface area contributed by atoms with E-state index in [2.05, 4.69) is 5.32 Å². The van der Waals surface area contributed by atoms with Crippen molar-refractivity contribution < 1.29 is 18.1 Å². The van der Waals surface area contributed by atoms with Crippen LogP contribution in [0.5, 0.6) is 0 Å². The third-order valence-corrected chi connectivity index (χ3v) is 6.17. The molecule has 1 N–H and O–H groups in total. The van der Waals surface area contributed by atoms with Crippen LogP contribution in [0.1, 0.15) is 20.3 Å². The van der Waals surface area contributed by atoms with Gasteiger partial charge in [0.1, 0.15) is 11.6 Å². The van der Waals surface area contributed by atoms with Crippen molar-refractivity contribution in [2.45, 2.75) is 25.2 Å². The topological polar surface area (TPSA) is 110 Å². The van der Waals surface area contributed by atoms with Gasteiger partial charge >= 0.3 is 0 Å². The van der Waals surface area contributed by atoms with E-state index < -0.39 is 33.1 Å². The Morgan fingerprint density at radius 2 is 1.86 bits per heavy atom. The van der Waals surface area contributed by atoms with E-state index in [1.54, 1.807) is 30.3 Å². The van der Waals surface area contributed by atoms with Crippen LogP contribution >= 0.6 is 11.6 Å². The summed E-state index contributed by atoms with van der Waals surface area (Å²) >= 11 is 5.79. The summed E-state index contributed by atoms with van der Waals surface area (Å²) in [6.07, 6.45) is 0.757. The highest BCUT2D eigenvalue weighted by Crippen LogP contribution is 2.30. The molecular formula is C19H22ClN3O5S. The lowest BCUT2D eigenvalue weighted by atomic mass is 10.1. The Kier molecular flexibility index (Phi) is 7.58. The van der Waals surface area contributed by atoms with Gasteiger partial charge in [0.05, 0.1) is 15.5 Å². The Labute approximate surface area is 174 Å². The van der Waals surface area contributed by atoms with Gasteiger partial charge in [-0.05, 0) is 36.6 Å². The number of anilines is 1. The van der Waals surface area contributed by atoms with E-state index in [-0.39, 0.29) is 15.6 Å². The van der Waals surface area contributed by atoms with Crippen LogP contribution in [-0.2, 0) is 14.8 Å². The molecule has 156 valence electrons. The predicted octanol–water partition coefficient (Wildman–Crippen LogP) is 3.61. The molecule has 0 spiro atoms. The van der Waals surface area contributed by atoms with E-state index in [1.165, 1.54) is 6.07 Å². The molecule has 0 unspecified atom stereocenters. The number of hydrogen-bond donors (Lipinski definition) is 1. The Bertz CT molecular complexity index is 981. The molecule has 0 aliphatic heterocycles. The van der Waals surface area contributed by atoms with Gasteiger partial charge in [0.2, 0.25) is 5.91 Å². The number of nitrogens with one attached hydrogen (secondary N) is 1. The number of benzene rings is 2. The fourth-order valence-corrected chi connectivity index (χ4v) is 4.14. The summed E-state index contributed by atoms with van der Waals surface area (Å²) in [5.74, 6) is -0.0829. The van der Waals surface area contributed by atoms with Crippen LogP contribution in [0.15, 0.2) is 53.4 Å². The molecule has 8 nitrogen and oxygen atoms in total. The largest absolute Gasteiger partial charge is 0.355 e. The Balaban J connectivity index is 2.39. The molecule has 0 fully saturated rings. The minimum absolute atomic E-state index is 0.174. The van der Waals surface area contributed by atoms with Crippen LogP contribution in [0.25, 0.3) is 0 Å². The number of nitro benzene ring substituents is 1. The van der Waals surface area contributed by atoms with Gasteiger partial charge < -0.3 is 5.32 Å². The zero-order chi connectivity index (χ0) is 21.6.